The minimum atomic E-state index is 0.254. The van der Waals surface area contributed by atoms with Gasteiger partial charge in [0.15, 0.2) is 0 Å². The van der Waals surface area contributed by atoms with Crippen LogP contribution in [0.5, 0.6) is 0 Å². The molecule has 104 valence electrons. The quantitative estimate of drug-likeness (QED) is 0.899. The van der Waals surface area contributed by atoms with Crippen molar-refractivity contribution in [1.82, 2.24) is 10.2 Å². The van der Waals surface area contributed by atoms with Crippen LogP contribution in [0.25, 0.3) is 0 Å². The van der Waals surface area contributed by atoms with E-state index in [1.165, 1.54) is 24.0 Å². The fraction of sp³-hybridized carbons (Fsp3) is 0.625. The van der Waals surface area contributed by atoms with Crippen LogP contribution in [0.15, 0.2) is 24.3 Å². The van der Waals surface area contributed by atoms with E-state index in [1.54, 1.807) is 0 Å². The molecule has 3 heteroatoms. The molecule has 3 rings (SSSR count). The average Bonchev–Trinajstić information content (AvgIpc) is 2.48. The lowest BCUT2D eigenvalue weighted by Crippen LogP contribution is -2.43. The Bertz CT molecular complexity index is 415. The molecule has 2 aliphatic rings. The molecule has 0 aliphatic carbocycles. The van der Waals surface area contributed by atoms with E-state index in [0.717, 1.165) is 32.7 Å². The third-order valence-electron chi connectivity index (χ3n) is 4.48. The molecular weight excluding hydrogens is 236 g/mol. The number of nitrogens with one attached hydrogen (secondary N) is 1. The first-order chi connectivity index (χ1) is 9.34. The summed E-state index contributed by atoms with van der Waals surface area (Å²) in [5.74, 6) is 0. The van der Waals surface area contributed by atoms with Gasteiger partial charge in [-0.1, -0.05) is 24.3 Å². The lowest BCUT2D eigenvalue weighted by atomic mass is 9.96. The maximum Gasteiger partial charge on any atom is 0.0954 e. The largest absolute Gasteiger partial charge is 0.372 e. The summed E-state index contributed by atoms with van der Waals surface area (Å²) in [5, 5.41) is 3.43. The molecule has 1 saturated heterocycles. The van der Waals surface area contributed by atoms with Gasteiger partial charge in [-0.05, 0) is 50.5 Å². The highest BCUT2D eigenvalue weighted by atomic mass is 16.5. The Balaban J connectivity index is 1.66. The van der Waals surface area contributed by atoms with Gasteiger partial charge in [0, 0.05) is 12.6 Å². The number of hydrogen-bond acceptors (Lipinski definition) is 3. The molecule has 1 unspecified atom stereocenters. The Morgan fingerprint density at radius 2 is 2.05 bits per heavy atom. The zero-order valence-corrected chi connectivity index (χ0v) is 11.8. The zero-order chi connectivity index (χ0) is 13.1. The van der Waals surface area contributed by atoms with Gasteiger partial charge >= 0.3 is 0 Å². The van der Waals surface area contributed by atoms with Crippen LogP contribution >= 0.6 is 0 Å². The van der Waals surface area contributed by atoms with Crippen LogP contribution in [0.3, 0.4) is 0 Å². The first-order valence-corrected chi connectivity index (χ1v) is 7.45. The number of likely N-dealkylation sites (N-methyl/N-ethyl adjacent to an activating group) is 1. The van der Waals surface area contributed by atoms with Gasteiger partial charge < -0.3 is 15.0 Å². The number of nitrogens with zero attached hydrogens (tertiary/aromatic N) is 1. The van der Waals surface area contributed by atoms with Crippen LogP contribution in [-0.2, 0) is 11.2 Å². The van der Waals surface area contributed by atoms with E-state index in [9.17, 15) is 0 Å². The summed E-state index contributed by atoms with van der Waals surface area (Å²) in [6, 6.07) is 9.45. The number of ether oxygens (including phenoxy) is 1. The predicted molar refractivity (Wildman–Crippen MR) is 77.4 cm³/mol. The van der Waals surface area contributed by atoms with Crippen LogP contribution in [-0.4, -0.2) is 44.2 Å². The van der Waals surface area contributed by atoms with E-state index in [1.807, 2.05) is 0 Å². The van der Waals surface area contributed by atoms with Gasteiger partial charge in [0.2, 0.25) is 0 Å². The van der Waals surface area contributed by atoms with Crippen LogP contribution in [0, 0.1) is 0 Å². The van der Waals surface area contributed by atoms with E-state index in [4.69, 9.17) is 4.74 Å². The second-order valence-electron chi connectivity index (χ2n) is 5.73. The number of benzene rings is 1. The second-order valence-corrected chi connectivity index (χ2v) is 5.73. The van der Waals surface area contributed by atoms with Crippen LogP contribution in [0.2, 0.25) is 0 Å². The molecule has 1 fully saturated rings. The normalized spacial score (nSPS) is 24.4. The molecule has 0 amide bonds. The van der Waals surface area contributed by atoms with Gasteiger partial charge in [0.25, 0.3) is 0 Å². The maximum absolute atomic E-state index is 6.01. The Kier molecular flexibility index (Phi) is 4.16. The Morgan fingerprint density at radius 1 is 1.26 bits per heavy atom. The van der Waals surface area contributed by atoms with Crippen LogP contribution in [0.1, 0.15) is 30.1 Å². The summed E-state index contributed by atoms with van der Waals surface area (Å²) >= 11 is 0. The molecule has 0 bridgehead atoms. The molecule has 0 spiro atoms. The summed E-state index contributed by atoms with van der Waals surface area (Å²) in [4.78, 5) is 2.49. The summed E-state index contributed by atoms with van der Waals surface area (Å²) < 4.78 is 6.01. The third kappa shape index (κ3) is 2.99. The smallest absolute Gasteiger partial charge is 0.0954 e. The Morgan fingerprint density at radius 3 is 2.89 bits per heavy atom. The summed E-state index contributed by atoms with van der Waals surface area (Å²) in [6.45, 7) is 4.18. The Labute approximate surface area is 115 Å². The summed E-state index contributed by atoms with van der Waals surface area (Å²) in [5.41, 5.74) is 2.87. The van der Waals surface area contributed by atoms with Crippen molar-refractivity contribution in [2.24, 2.45) is 0 Å². The van der Waals surface area contributed by atoms with E-state index in [0.29, 0.717) is 6.04 Å². The summed E-state index contributed by atoms with van der Waals surface area (Å²) in [6.07, 6.45) is 3.82. The van der Waals surface area contributed by atoms with E-state index in [2.05, 4.69) is 41.5 Å². The van der Waals surface area contributed by atoms with E-state index in [-0.39, 0.29) is 6.10 Å². The van der Waals surface area contributed by atoms with Crippen molar-refractivity contribution in [2.75, 3.05) is 33.3 Å². The van der Waals surface area contributed by atoms with Crippen molar-refractivity contribution in [2.45, 2.75) is 31.4 Å². The highest BCUT2D eigenvalue weighted by molar-refractivity contribution is 5.31. The van der Waals surface area contributed by atoms with Crippen molar-refractivity contribution in [3.8, 4) is 0 Å². The predicted octanol–water partition coefficient (Wildman–Crippen LogP) is 1.98. The topological polar surface area (TPSA) is 24.5 Å². The van der Waals surface area contributed by atoms with Gasteiger partial charge in [-0.15, -0.1) is 0 Å². The first kappa shape index (κ1) is 13.1. The number of hydrogen-bond donors (Lipinski definition) is 1. The van der Waals surface area contributed by atoms with Gasteiger partial charge in [-0.3, -0.25) is 0 Å². The number of rotatable bonds is 3. The van der Waals surface area contributed by atoms with Crippen molar-refractivity contribution in [1.29, 1.82) is 0 Å². The van der Waals surface area contributed by atoms with Gasteiger partial charge in [-0.2, -0.15) is 0 Å². The molecular formula is C16H24N2O. The second kappa shape index (κ2) is 6.04. The molecule has 1 atom stereocenters. The molecule has 3 nitrogen and oxygen atoms in total. The van der Waals surface area contributed by atoms with Crippen molar-refractivity contribution in [3.05, 3.63) is 35.4 Å². The SMILES string of the molecule is CN(CC1OCCc2ccccc21)C1CCNCC1. The zero-order valence-electron chi connectivity index (χ0n) is 11.8. The highest BCUT2D eigenvalue weighted by Crippen LogP contribution is 2.28. The van der Waals surface area contributed by atoms with Gasteiger partial charge in [0.1, 0.15) is 0 Å². The monoisotopic (exact) mass is 260 g/mol. The molecule has 2 heterocycles. The van der Waals surface area contributed by atoms with Crippen LogP contribution in [0.4, 0.5) is 0 Å². The van der Waals surface area contributed by atoms with E-state index >= 15 is 0 Å². The lowest BCUT2D eigenvalue weighted by molar-refractivity contribution is 0.00986. The third-order valence-corrected chi connectivity index (χ3v) is 4.48. The fourth-order valence-corrected chi connectivity index (χ4v) is 3.29. The maximum atomic E-state index is 6.01. The molecule has 19 heavy (non-hydrogen) atoms. The molecule has 1 N–H and O–H groups in total. The molecule has 0 aromatic heterocycles. The van der Waals surface area contributed by atoms with Gasteiger partial charge in [0.05, 0.1) is 12.7 Å². The number of fused-ring (bicyclic) bond motifs is 1. The molecule has 1 aromatic carbocycles. The van der Waals surface area contributed by atoms with Gasteiger partial charge in [-0.25, -0.2) is 0 Å². The van der Waals surface area contributed by atoms with Crippen molar-refractivity contribution >= 4 is 0 Å². The Hall–Kier alpha value is -0.900. The first-order valence-electron chi connectivity index (χ1n) is 7.45. The van der Waals surface area contributed by atoms with E-state index < -0.39 is 0 Å². The summed E-state index contributed by atoms with van der Waals surface area (Å²) in [7, 11) is 2.25. The lowest BCUT2D eigenvalue weighted by Gasteiger charge is -2.35. The molecule has 0 radical (unpaired) electrons. The fourth-order valence-electron chi connectivity index (χ4n) is 3.29. The molecule has 2 aliphatic heterocycles. The minimum Gasteiger partial charge on any atom is -0.372 e. The average molecular weight is 260 g/mol. The van der Waals surface area contributed by atoms with Crippen LogP contribution < -0.4 is 5.32 Å². The molecule has 0 saturated carbocycles. The number of piperidine rings is 1. The molecule has 1 aromatic rings. The standard InChI is InChI=1S/C16H24N2O/c1-18(14-6-9-17-10-7-14)12-16-15-5-3-2-4-13(15)8-11-19-16/h2-5,14,16-17H,6-12H2,1H3. The minimum absolute atomic E-state index is 0.254. The highest BCUT2D eigenvalue weighted by Gasteiger charge is 2.25. The van der Waals surface area contributed by atoms with Crippen molar-refractivity contribution < 1.29 is 4.74 Å². The van der Waals surface area contributed by atoms with Crippen molar-refractivity contribution in [3.63, 3.8) is 0 Å².